The minimum Gasteiger partial charge on any atom is -0.449 e. The maximum Gasteiger partial charge on any atom is 0.410 e. The van der Waals surface area contributed by atoms with Gasteiger partial charge in [-0.15, -0.1) is 0 Å². The van der Waals surface area contributed by atoms with Crippen LogP contribution in [-0.2, 0) is 17.7 Å². The maximum absolute atomic E-state index is 13.7. The summed E-state index contributed by atoms with van der Waals surface area (Å²) in [6.07, 6.45) is -0.0301. The second-order valence-corrected chi connectivity index (χ2v) is 8.74. The number of aromatic nitrogens is 1. The molecule has 0 atom stereocenters. The molecule has 0 spiro atoms. The third-order valence-electron chi connectivity index (χ3n) is 5.31. The predicted octanol–water partition coefficient (Wildman–Crippen LogP) is 5.57. The Kier molecular flexibility index (Phi) is 6.47. The molecule has 0 saturated carbocycles. The number of nitrogens with one attached hydrogen (secondary N) is 1. The second-order valence-electron chi connectivity index (χ2n) is 8.30. The first-order valence-electron chi connectivity index (χ1n) is 10.5. The first-order chi connectivity index (χ1) is 15.7. The quantitative estimate of drug-likeness (QED) is 0.537. The normalized spacial score (nSPS) is 13.2. The summed E-state index contributed by atoms with van der Waals surface area (Å²) in [4.78, 5) is 32.1. The minimum atomic E-state index is -1.07. The topological polar surface area (TPSA) is 71.5 Å². The van der Waals surface area contributed by atoms with Gasteiger partial charge in [0.1, 0.15) is 0 Å². The van der Waals surface area contributed by atoms with Crippen molar-refractivity contribution in [3.63, 3.8) is 0 Å². The molecule has 0 fully saturated rings. The molecule has 1 aromatic heterocycles. The Balaban J connectivity index is 1.74. The molecule has 0 bridgehead atoms. The highest BCUT2D eigenvalue weighted by molar-refractivity contribution is 6.31. The average Bonchev–Trinajstić information content (AvgIpc) is 2.77. The molecule has 0 aliphatic carbocycles. The van der Waals surface area contributed by atoms with E-state index in [0.29, 0.717) is 52.3 Å². The second kappa shape index (κ2) is 9.31. The van der Waals surface area contributed by atoms with E-state index in [0.717, 1.165) is 12.1 Å². The Hall–Kier alpha value is -3.26. The third-order valence-corrected chi connectivity index (χ3v) is 5.54. The van der Waals surface area contributed by atoms with E-state index in [1.165, 1.54) is 11.0 Å². The number of rotatable bonds is 4. The van der Waals surface area contributed by atoms with E-state index in [1.807, 2.05) is 13.8 Å². The van der Waals surface area contributed by atoms with Crippen LogP contribution in [0, 0.1) is 17.6 Å². The van der Waals surface area contributed by atoms with Gasteiger partial charge in [0.2, 0.25) is 0 Å². The highest BCUT2D eigenvalue weighted by Gasteiger charge is 2.29. The van der Waals surface area contributed by atoms with Gasteiger partial charge in [0, 0.05) is 46.4 Å². The lowest BCUT2D eigenvalue weighted by atomic mass is 9.95. The number of carbonyl (C=O) groups is 2. The summed E-state index contributed by atoms with van der Waals surface area (Å²) in [7, 11) is 0. The average molecular weight is 474 g/mol. The molecule has 0 radical (unpaired) electrons. The number of amides is 2. The van der Waals surface area contributed by atoms with Gasteiger partial charge in [0.05, 0.1) is 24.2 Å². The Labute approximate surface area is 194 Å². The first kappa shape index (κ1) is 22.9. The Morgan fingerprint density at radius 2 is 1.97 bits per heavy atom. The van der Waals surface area contributed by atoms with Gasteiger partial charge in [0.15, 0.2) is 11.6 Å². The largest absolute Gasteiger partial charge is 0.449 e. The molecule has 3 aromatic rings. The van der Waals surface area contributed by atoms with Crippen molar-refractivity contribution in [3.05, 3.63) is 69.9 Å². The fourth-order valence-electron chi connectivity index (χ4n) is 3.73. The van der Waals surface area contributed by atoms with Crippen molar-refractivity contribution in [3.8, 4) is 0 Å². The van der Waals surface area contributed by atoms with Crippen LogP contribution in [0.4, 0.5) is 19.3 Å². The molecule has 2 aromatic carbocycles. The lowest BCUT2D eigenvalue weighted by molar-refractivity contribution is 0.0870. The zero-order valence-corrected chi connectivity index (χ0v) is 18.9. The van der Waals surface area contributed by atoms with Crippen molar-refractivity contribution < 1.29 is 23.1 Å². The number of benzene rings is 2. The van der Waals surface area contributed by atoms with Crippen LogP contribution in [0.3, 0.4) is 0 Å². The molecular formula is C24H22ClF2N3O3. The van der Waals surface area contributed by atoms with Crippen molar-refractivity contribution in [2.75, 3.05) is 18.5 Å². The minimum absolute atomic E-state index is 0.107. The number of ether oxygens (including phenoxy) is 1. The summed E-state index contributed by atoms with van der Waals surface area (Å²) in [5, 5.41) is 3.63. The Morgan fingerprint density at radius 1 is 1.18 bits per heavy atom. The van der Waals surface area contributed by atoms with Crippen LogP contribution in [0.25, 0.3) is 10.9 Å². The predicted molar refractivity (Wildman–Crippen MR) is 121 cm³/mol. The van der Waals surface area contributed by atoms with Crippen molar-refractivity contribution in [1.82, 2.24) is 9.88 Å². The van der Waals surface area contributed by atoms with Gasteiger partial charge in [-0.05, 0) is 30.2 Å². The molecule has 0 unspecified atom stereocenters. The number of carbonyl (C=O) groups excluding carboxylic acids is 2. The van der Waals surface area contributed by atoms with Gasteiger partial charge in [0.25, 0.3) is 5.91 Å². The fourth-order valence-corrected chi connectivity index (χ4v) is 3.89. The van der Waals surface area contributed by atoms with Crippen molar-refractivity contribution >= 4 is 40.2 Å². The summed E-state index contributed by atoms with van der Waals surface area (Å²) < 4.78 is 32.3. The van der Waals surface area contributed by atoms with Crippen molar-refractivity contribution in [2.24, 2.45) is 5.92 Å². The summed E-state index contributed by atoms with van der Waals surface area (Å²) in [6, 6.07) is 8.12. The number of hydrogen-bond donors (Lipinski definition) is 1. The summed E-state index contributed by atoms with van der Waals surface area (Å²) in [5.41, 5.74) is 2.20. The van der Waals surface area contributed by atoms with Gasteiger partial charge in [-0.2, -0.15) is 0 Å². The Morgan fingerprint density at radius 3 is 2.70 bits per heavy atom. The zero-order chi connectivity index (χ0) is 23.7. The summed E-state index contributed by atoms with van der Waals surface area (Å²) in [6.45, 7) is 4.72. The summed E-state index contributed by atoms with van der Waals surface area (Å²) in [5.74, 6) is -2.41. The SMILES string of the molecule is CC(C)COC(=O)N1CCc2nc3cc(Cl)ccc3c(C(=O)Nc3ccc(F)c(F)c3)c2C1. The number of nitrogens with zero attached hydrogens (tertiary/aromatic N) is 2. The lowest BCUT2D eigenvalue weighted by Gasteiger charge is -2.29. The van der Waals surface area contributed by atoms with Gasteiger partial charge in [-0.25, -0.2) is 13.6 Å². The van der Waals surface area contributed by atoms with Crippen LogP contribution in [0.15, 0.2) is 36.4 Å². The van der Waals surface area contributed by atoms with E-state index in [9.17, 15) is 18.4 Å². The van der Waals surface area contributed by atoms with E-state index in [-0.39, 0.29) is 18.2 Å². The summed E-state index contributed by atoms with van der Waals surface area (Å²) >= 11 is 6.13. The molecule has 1 aliphatic heterocycles. The van der Waals surface area contributed by atoms with Crippen LogP contribution in [0.2, 0.25) is 5.02 Å². The van der Waals surface area contributed by atoms with Crippen LogP contribution in [0.1, 0.15) is 35.5 Å². The van der Waals surface area contributed by atoms with Gasteiger partial charge in [-0.1, -0.05) is 31.5 Å². The Bertz CT molecular complexity index is 1250. The molecule has 0 saturated heterocycles. The molecule has 4 rings (SSSR count). The van der Waals surface area contributed by atoms with Crippen LogP contribution in [0.5, 0.6) is 0 Å². The van der Waals surface area contributed by atoms with Crippen LogP contribution in [-0.4, -0.2) is 35.0 Å². The number of hydrogen-bond acceptors (Lipinski definition) is 4. The first-order valence-corrected chi connectivity index (χ1v) is 10.9. The fraction of sp³-hybridized carbons (Fsp3) is 0.292. The standard InChI is InChI=1S/C24H22ClF2N3O3/c1-13(2)12-33-24(32)30-8-7-20-17(11-30)22(16-5-3-14(25)9-21(16)29-20)23(31)28-15-4-6-18(26)19(27)10-15/h3-6,9-10,13H,7-8,11-12H2,1-2H3,(H,28,31). The number of anilines is 1. The molecule has 2 amide bonds. The molecular weight excluding hydrogens is 452 g/mol. The molecule has 2 heterocycles. The molecule has 6 nitrogen and oxygen atoms in total. The molecule has 33 heavy (non-hydrogen) atoms. The number of pyridine rings is 1. The van der Waals surface area contributed by atoms with Gasteiger partial charge < -0.3 is 15.0 Å². The van der Waals surface area contributed by atoms with E-state index >= 15 is 0 Å². The molecule has 1 N–H and O–H groups in total. The van der Waals surface area contributed by atoms with Crippen LogP contribution < -0.4 is 5.32 Å². The van der Waals surface area contributed by atoms with E-state index in [2.05, 4.69) is 10.3 Å². The van der Waals surface area contributed by atoms with Crippen molar-refractivity contribution in [2.45, 2.75) is 26.8 Å². The zero-order valence-electron chi connectivity index (χ0n) is 18.1. The monoisotopic (exact) mass is 473 g/mol. The molecule has 1 aliphatic rings. The smallest absolute Gasteiger partial charge is 0.410 e. The highest BCUT2D eigenvalue weighted by Crippen LogP contribution is 2.31. The molecule has 9 heteroatoms. The third kappa shape index (κ3) is 4.90. The van der Waals surface area contributed by atoms with E-state index < -0.39 is 23.6 Å². The van der Waals surface area contributed by atoms with Gasteiger partial charge in [-0.3, -0.25) is 9.78 Å². The van der Waals surface area contributed by atoms with E-state index in [4.69, 9.17) is 16.3 Å². The van der Waals surface area contributed by atoms with Crippen molar-refractivity contribution in [1.29, 1.82) is 0 Å². The molecule has 172 valence electrons. The number of halogens is 3. The highest BCUT2D eigenvalue weighted by atomic mass is 35.5. The number of fused-ring (bicyclic) bond motifs is 2. The van der Waals surface area contributed by atoms with Gasteiger partial charge >= 0.3 is 6.09 Å². The van der Waals surface area contributed by atoms with Crippen LogP contribution >= 0.6 is 11.6 Å². The van der Waals surface area contributed by atoms with E-state index in [1.54, 1.807) is 18.2 Å². The lowest BCUT2D eigenvalue weighted by Crippen LogP contribution is -2.38. The maximum atomic E-state index is 13.7.